The minimum Gasteiger partial charge on any atom is -0.369 e. The number of hydrogen-bond acceptors (Lipinski definition) is 6. The number of amides is 2. The molecule has 0 spiro atoms. The summed E-state index contributed by atoms with van der Waals surface area (Å²) < 4.78 is 0. The van der Waals surface area contributed by atoms with E-state index in [0.717, 1.165) is 39.0 Å². The lowest BCUT2D eigenvalue weighted by molar-refractivity contribution is -0.117. The summed E-state index contributed by atoms with van der Waals surface area (Å²) in [6.45, 7) is 2.49. The lowest BCUT2D eigenvalue weighted by Gasteiger charge is -2.12. The van der Waals surface area contributed by atoms with E-state index in [1.807, 2.05) is 91.9 Å². The molecule has 5 N–H and O–H groups in total. The normalized spacial score (nSPS) is 10.8. The van der Waals surface area contributed by atoms with Crippen LogP contribution in [0, 0.1) is 6.92 Å². The van der Waals surface area contributed by atoms with Crippen molar-refractivity contribution in [3.8, 4) is 11.3 Å². The number of aryl methyl sites for hydroxylation is 1. The van der Waals surface area contributed by atoms with Crippen LogP contribution >= 0.6 is 0 Å². The van der Waals surface area contributed by atoms with Crippen molar-refractivity contribution in [3.05, 3.63) is 114 Å². The van der Waals surface area contributed by atoms with Crippen LogP contribution in [0.5, 0.6) is 0 Å². The minimum absolute atomic E-state index is 0.0910. The largest absolute Gasteiger partial charge is 0.369 e. The number of carbonyl (C=O) groups is 2. The highest BCUT2D eigenvalue weighted by Crippen LogP contribution is 2.28. The Morgan fingerprint density at radius 2 is 1.59 bits per heavy atom. The predicted octanol–water partition coefficient (Wildman–Crippen LogP) is 5.18. The first-order valence-electron chi connectivity index (χ1n) is 12.6. The summed E-state index contributed by atoms with van der Waals surface area (Å²) in [6, 6.07) is 30.8. The third kappa shape index (κ3) is 6.26. The van der Waals surface area contributed by atoms with Crippen LogP contribution in [0.1, 0.15) is 21.5 Å². The Hall–Kier alpha value is -5.08. The van der Waals surface area contributed by atoms with Gasteiger partial charge in [0.25, 0.3) is 5.91 Å². The van der Waals surface area contributed by atoms with Gasteiger partial charge in [0.1, 0.15) is 0 Å². The number of benzene rings is 4. The standard InChI is InChI=1S/C31H28N6O2/c1-20-11-12-21(18-33-19-28(32)38)17-27(20)35-30(39)23-13-15-24(16-14-23)34-31-36-26-10-6-5-9-25(26)29(37-31)22-7-3-2-4-8-22/h2-17,33H,18-19H2,1H3,(H2,32,38)(H,35,39)(H,34,36,37). The number of hydrogen-bond donors (Lipinski definition) is 4. The Kier molecular flexibility index (Phi) is 7.56. The van der Waals surface area contributed by atoms with Crippen LogP contribution in [-0.4, -0.2) is 28.3 Å². The average molecular weight is 517 g/mol. The molecule has 0 bridgehead atoms. The third-order valence-corrected chi connectivity index (χ3v) is 6.23. The van der Waals surface area contributed by atoms with Crippen LogP contribution in [0.2, 0.25) is 0 Å². The van der Waals surface area contributed by atoms with Crippen LogP contribution in [0.3, 0.4) is 0 Å². The molecule has 1 heterocycles. The number of primary amides is 1. The van der Waals surface area contributed by atoms with Gasteiger partial charge in [-0.15, -0.1) is 0 Å². The number of aromatic nitrogens is 2. The van der Waals surface area contributed by atoms with E-state index in [2.05, 4.69) is 20.9 Å². The zero-order valence-electron chi connectivity index (χ0n) is 21.4. The lowest BCUT2D eigenvalue weighted by atomic mass is 10.1. The van der Waals surface area contributed by atoms with E-state index in [-0.39, 0.29) is 12.5 Å². The van der Waals surface area contributed by atoms with Crippen molar-refractivity contribution in [2.75, 3.05) is 17.2 Å². The van der Waals surface area contributed by atoms with E-state index in [0.29, 0.717) is 23.7 Å². The first-order valence-corrected chi connectivity index (χ1v) is 12.6. The third-order valence-electron chi connectivity index (χ3n) is 6.23. The van der Waals surface area contributed by atoms with Gasteiger partial charge < -0.3 is 21.7 Å². The van der Waals surface area contributed by atoms with E-state index in [1.165, 1.54) is 0 Å². The van der Waals surface area contributed by atoms with Gasteiger partial charge in [0, 0.05) is 34.4 Å². The Labute approximate surface area is 226 Å². The maximum atomic E-state index is 13.0. The minimum atomic E-state index is -0.419. The Bertz CT molecular complexity index is 1640. The first kappa shape index (κ1) is 25.6. The number of fused-ring (bicyclic) bond motifs is 1. The monoisotopic (exact) mass is 516 g/mol. The molecule has 0 unspecified atom stereocenters. The van der Waals surface area contributed by atoms with Gasteiger partial charge in [-0.25, -0.2) is 9.97 Å². The van der Waals surface area contributed by atoms with Crippen molar-refractivity contribution in [2.24, 2.45) is 5.73 Å². The van der Waals surface area contributed by atoms with Crippen LogP contribution in [-0.2, 0) is 11.3 Å². The Balaban J connectivity index is 1.31. The summed E-state index contributed by atoms with van der Waals surface area (Å²) in [5, 5.41) is 10.2. The number of rotatable bonds is 9. The van der Waals surface area contributed by atoms with E-state index in [4.69, 9.17) is 10.7 Å². The fourth-order valence-corrected chi connectivity index (χ4v) is 4.22. The highest BCUT2D eigenvalue weighted by atomic mass is 16.2. The summed E-state index contributed by atoms with van der Waals surface area (Å²) in [7, 11) is 0. The molecule has 0 aliphatic carbocycles. The highest BCUT2D eigenvalue weighted by Gasteiger charge is 2.12. The van der Waals surface area contributed by atoms with Crippen molar-refractivity contribution in [1.82, 2.24) is 15.3 Å². The molecular weight excluding hydrogens is 488 g/mol. The lowest BCUT2D eigenvalue weighted by Crippen LogP contribution is -2.28. The topological polar surface area (TPSA) is 122 Å². The molecule has 0 radical (unpaired) electrons. The van der Waals surface area contributed by atoms with Gasteiger partial charge in [0.15, 0.2) is 0 Å². The molecule has 8 heteroatoms. The SMILES string of the molecule is Cc1ccc(CNCC(N)=O)cc1NC(=O)c1ccc(Nc2nc(-c3ccccc3)c3ccccc3n2)cc1. The molecule has 0 saturated carbocycles. The molecule has 5 aromatic rings. The summed E-state index contributed by atoms with van der Waals surface area (Å²) in [5.74, 6) is -0.167. The molecule has 0 aliphatic heterocycles. The van der Waals surface area contributed by atoms with Gasteiger partial charge in [-0.1, -0.05) is 60.7 Å². The van der Waals surface area contributed by atoms with E-state index >= 15 is 0 Å². The number of nitrogens with zero attached hydrogens (tertiary/aromatic N) is 2. The van der Waals surface area contributed by atoms with Gasteiger partial charge in [0.05, 0.1) is 17.8 Å². The molecule has 2 amide bonds. The van der Waals surface area contributed by atoms with E-state index in [1.54, 1.807) is 12.1 Å². The number of para-hydroxylation sites is 1. The molecule has 194 valence electrons. The Morgan fingerprint density at radius 3 is 2.36 bits per heavy atom. The molecular formula is C31H28N6O2. The Morgan fingerprint density at radius 1 is 0.846 bits per heavy atom. The average Bonchev–Trinajstić information content (AvgIpc) is 2.95. The van der Waals surface area contributed by atoms with Crippen molar-refractivity contribution >= 4 is 40.0 Å². The summed E-state index contributed by atoms with van der Waals surface area (Å²) >= 11 is 0. The molecule has 0 fully saturated rings. The quantitative estimate of drug-likeness (QED) is 0.214. The van der Waals surface area contributed by atoms with Gasteiger partial charge in [-0.2, -0.15) is 0 Å². The molecule has 1 aromatic heterocycles. The van der Waals surface area contributed by atoms with Gasteiger partial charge in [-0.05, 0) is 54.4 Å². The molecule has 5 rings (SSSR count). The number of nitrogens with two attached hydrogens (primary N) is 1. The first-order chi connectivity index (χ1) is 19.0. The van der Waals surface area contributed by atoms with E-state index in [9.17, 15) is 9.59 Å². The summed E-state index contributed by atoms with van der Waals surface area (Å²) in [6.07, 6.45) is 0. The van der Waals surface area contributed by atoms with Crippen LogP contribution < -0.4 is 21.7 Å². The zero-order valence-corrected chi connectivity index (χ0v) is 21.4. The second-order valence-corrected chi connectivity index (χ2v) is 9.15. The molecule has 39 heavy (non-hydrogen) atoms. The van der Waals surface area contributed by atoms with Crippen molar-refractivity contribution in [2.45, 2.75) is 13.5 Å². The second-order valence-electron chi connectivity index (χ2n) is 9.15. The maximum absolute atomic E-state index is 13.0. The number of carbonyl (C=O) groups excluding carboxylic acids is 2. The van der Waals surface area contributed by atoms with Crippen molar-refractivity contribution in [3.63, 3.8) is 0 Å². The van der Waals surface area contributed by atoms with Crippen molar-refractivity contribution < 1.29 is 9.59 Å². The smallest absolute Gasteiger partial charge is 0.255 e. The van der Waals surface area contributed by atoms with Crippen LogP contribution in [0.4, 0.5) is 17.3 Å². The molecule has 0 aliphatic rings. The highest BCUT2D eigenvalue weighted by molar-refractivity contribution is 6.05. The van der Waals surface area contributed by atoms with Crippen molar-refractivity contribution in [1.29, 1.82) is 0 Å². The van der Waals surface area contributed by atoms with Gasteiger partial charge in [-0.3, -0.25) is 9.59 Å². The molecule has 4 aromatic carbocycles. The number of anilines is 3. The fourth-order valence-electron chi connectivity index (χ4n) is 4.22. The molecule has 0 saturated heterocycles. The molecule has 0 atom stereocenters. The predicted molar refractivity (Wildman–Crippen MR) is 155 cm³/mol. The fraction of sp³-hybridized carbons (Fsp3) is 0.0968. The summed E-state index contributed by atoms with van der Waals surface area (Å²) in [5.41, 5.74) is 11.7. The van der Waals surface area contributed by atoms with E-state index < -0.39 is 5.91 Å². The van der Waals surface area contributed by atoms with Crippen LogP contribution in [0.15, 0.2) is 97.1 Å². The van der Waals surface area contributed by atoms with Gasteiger partial charge in [0.2, 0.25) is 11.9 Å². The molecule has 8 nitrogen and oxygen atoms in total. The second kappa shape index (κ2) is 11.5. The zero-order chi connectivity index (χ0) is 27.2. The van der Waals surface area contributed by atoms with Gasteiger partial charge >= 0.3 is 0 Å². The summed E-state index contributed by atoms with van der Waals surface area (Å²) in [4.78, 5) is 33.4. The van der Waals surface area contributed by atoms with Crippen LogP contribution in [0.25, 0.3) is 22.2 Å². The maximum Gasteiger partial charge on any atom is 0.255 e. The number of nitrogens with one attached hydrogen (secondary N) is 3.